The van der Waals surface area contributed by atoms with Crippen molar-refractivity contribution in [3.63, 3.8) is 0 Å². The molecule has 0 radical (unpaired) electrons. The van der Waals surface area contributed by atoms with Crippen LogP contribution in [0.3, 0.4) is 0 Å². The number of benzene rings is 1. The zero-order valence-electron chi connectivity index (χ0n) is 12.4. The molecule has 1 saturated heterocycles. The number of carboxylic acid groups (broad SMARTS) is 1. The van der Waals surface area contributed by atoms with Crippen LogP contribution in [-0.2, 0) is 11.3 Å². The maximum atomic E-state index is 11.5. The molecule has 0 spiro atoms. The molecule has 20 heavy (non-hydrogen) atoms. The number of hydrogen-bond acceptors (Lipinski definition) is 2. The zero-order chi connectivity index (χ0) is 14.8. The molecule has 110 valence electrons. The summed E-state index contributed by atoms with van der Waals surface area (Å²) in [4.78, 5) is 13.0. The quantitative estimate of drug-likeness (QED) is 0.916. The summed E-state index contributed by atoms with van der Waals surface area (Å²) >= 11 is 0. The van der Waals surface area contributed by atoms with Crippen LogP contribution in [0.15, 0.2) is 30.3 Å². The van der Waals surface area contributed by atoms with Gasteiger partial charge in [-0.1, -0.05) is 51.1 Å². The summed E-state index contributed by atoms with van der Waals surface area (Å²) in [7, 11) is 0. The van der Waals surface area contributed by atoms with E-state index in [1.165, 1.54) is 4.90 Å². The largest absolute Gasteiger partial charge is 0.465 e. The Morgan fingerprint density at radius 3 is 2.55 bits per heavy atom. The molecule has 1 amide bonds. The molecule has 1 fully saturated rings. The summed E-state index contributed by atoms with van der Waals surface area (Å²) in [6.07, 6.45) is 0.694. The number of ether oxygens (including phenoxy) is 1. The molecular weight excluding hydrogens is 254 g/mol. The maximum absolute atomic E-state index is 11.5. The topological polar surface area (TPSA) is 49.8 Å². The van der Waals surface area contributed by atoms with Gasteiger partial charge in [0.15, 0.2) is 5.72 Å². The highest BCUT2D eigenvalue weighted by molar-refractivity contribution is 5.66. The van der Waals surface area contributed by atoms with E-state index in [4.69, 9.17) is 4.74 Å². The van der Waals surface area contributed by atoms with Gasteiger partial charge in [0.05, 0.1) is 6.61 Å². The third-order valence-corrected chi connectivity index (χ3v) is 4.06. The van der Waals surface area contributed by atoms with E-state index in [1.807, 2.05) is 51.1 Å². The van der Waals surface area contributed by atoms with Gasteiger partial charge in [-0.15, -0.1) is 0 Å². The van der Waals surface area contributed by atoms with E-state index < -0.39 is 11.8 Å². The molecule has 0 saturated carbocycles. The van der Waals surface area contributed by atoms with Gasteiger partial charge in [-0.3, -0.25) is 4.90 Å². The fraction of sp³-hybridized carbons (Fsp3) is 0.562. The Kier molecular flexibility index (Phi) is 4.04. The molecular formula is C16H23NO3. The molecule has 1 unspecified atom stereocenters. The Labute approximate surface area is 120 Å². The third kappa shape index (κ3) is 2.66. The zero-order valence-corrected chi connectivity index (χ0v) is 12.4. The molecule has 0 aliphatic carbocycles. The Morgan fingerprint density at radius 1 is 1.35 bits per heavy atom. The summed E-state index contributed by atoms with van der Waals surface area (Å²) < 4.78 is 6.16. The maximum Gasteiger partial charge on any atom is 0.409 e. The number of amides is 1. The van der Waals surface area contributed by atoms with Gasteiger partial charge < -0.3 is 9.84 Å². The fourth-order valence-electron chi connectivity index (χ4n) is 2.97. The van der Waals surface area contributed by atoms with E-state index in [1.54, 1.807) is 0 Å². The van der Waals surface area contributed by atoms with E-state index in [0.29, 0.717) is 13.2 Å². The van der Waals surface area contributed by atoms with E-state index in [2.05, 4.69) is 0 Å². The lowest BCUT2D eigenvalue weighted by molar-refractivity contribution is -0.192. The van der Waals surface area contributed by atoms with Crippen molar-refractivity contribution in [3.8, 4) is 0 Å². The van der Waals surface area contributed by atoms with Gasteiger partial charge in [-0.05, 0) is 18.4 Å². The summed E-state index contributed by atoms with van der Waals surface area (Å²) in [6, 6.07) is 9.88. The standard InChI is InChI=1S/C16H23NO3/c1-15(2,3)16(10-7-11-17(16)14(18)19)20-12-13-8-5-4-6-9-13/h4-6,8-9H,7,10-12H2,1-3H3,(H,18,19). The minimum absolute atomic E-state index is 0.267. The Morgan fingerprint density at radius 2 is 2.00 bits per heavy atom. The Bertz CT molecular complexity index is 466. The summed E-state index contributed by atoms with van der Waals surface area (Å²) in [5.41, 5.74) is 0.0547. The summed E-state index contributed by atoms with van der Waals surface area (Å²) in [5.74, 6) is 0. The molecule has 2 rings (SSSR count). The molecule has 1 aromatic carbocycles. The van der Waals surface area contributed by atoms with Crippen LogP contribution in [0.1, 0.15) is 39.2 Å². The van der Waals surface area contributed by atoms with Gasteiger partial charge in [-0.25, -0.2) is 4.79 Å². The van der Waals surface area contributed by atoms with Crippen molar-refractivity contribution in [2.24, 2.45) is 5.41 Å². The second kappa shape index (κ2) is 5.44. The molecule has 0 aromatic heterocycles. The Hall–Kier alpha value is -1.55. The van der Waals surface area contributed by atoms with Gasteiger partial charge in [0.1, 0.15) is 0 Å². The highest BCUT2D eigenvalue weighted by Crippen LogP contribution is 2.45. The lowest BCUT2D eigenvalue weighted by atomic mass is 9.81. The van der Waals surface area contributed by atoms with Gasteiger partial charge in [0.25, 0.3) is 0 Å². The first-order valence-corrected chi connectivity index (χ1v) is 7.05. The average molecular weight is 277 g/mol. The minimum atomic E-state index is -0.898. The first kappa shape index (κ1) is 14.9. The third-order valence-electron chi connectivity index (χ3n) is 4.06. The molecule has 1 heterocycles. The van der Waals surface area contributed by atoms with Crippen LogP contribution >= 0.6 is 0 Å². The molecule has 0 bridgehead atoms. The minimum Gasteiger partial charge on any atom is -0.465 e. The van der Waals surface area contributed by atoms with E-state index >= 15 is 0 Å². The van der Waals surface area contributed by atoms with Crippen LogP contribution in [-0.4, -0.2) is 28.4 Å². The number of nitrogens with zero attached hydrogens (tertiary/aromatic N) is 1. The number of rotatable bonds is 3. The van der Waals surface area contributed by atoms with E-state index in [-0.39, 0.29) is 5.41 Å². The lowest BCUT2D eigenvalue weighted by Gasteiger charge is -2.46. The van der Waals surface area contributed by atoms with E-state index in [0.717, 1.165) is 18.4 Å². The van der Waals surface area contributed by atoms with Gasteiger partial charge in [-0.2, -0.15) is 0 Å². The SMILES string of the molecule is CC(C)(C)C1(OCc2ccccc2)CCCN1C(=O)O. The smallest absolute Gasteiger partial charge is 0.409 e. The van der Waals surface area contributed by atoms with Crippen molar-refractivity contribution in [2.45, 2.75) is 45.9 Å². The first-order valence-electron chi connectivity index (χ1n) is 7.05. The van der Waals surface area contributed by atoms with Crippen LogP contribution in [0, 0.1) is 5.41 Å². The summed E-state index contributed by atoms with van der Waals surface area (Å²) in [5, 5.41) is 9.46. The van der Waals surface area contributed by atoms with Gasteiger partial charge in [0.2, 0.25) is 0 Å². The first-order chi connectivity index (χ1) is 9.37. The molecule has 1 aliphatic heterocycles. The van der Waals surface area contributed by atoms with Crippen LogP contribution in [0.2, 0.25) is 0 Å². The molecule has 1 aliphatic rings. The molecule has 1 N–H and O–H groups in total. The number of carbonyl (C=O) groups is 1. The number of likely N-dealkylation sites (tertiary alicyclic amines) is 1. The van der Waals surface area contributed by atoms with Crippen LogP contribution in [0.25, 0.3) is 0 Å². The highest BCUT2D eigenvalue weighted by Gasteiger charge is 2.53. The summed E-state index contributed by atoms with van der Waals surface area (Å²) in [6.45, 7) is 7.10. The molecule has 1 atom stereocenters. The average Bonchev–Trinajstić information content (AvgIpc) is 2.82. The van der Waals surface area contributed by atoms with Crippen LogP contribution < -0.4 is 0 Å². The van der Waals surface area contributed by atoms with Crippen molar-refractivity contribution < 1.29 is 14.6 Å². The lowest BCUT2D eigenvalue weighted by Crippen LogP contribution is -2.57. The van der Waals surface area contributed by atoms with Crippen LogP contribution in [0.5, 0.6) is 0 Å². The predicted molar refractivity (Wildman–Crippen MR) is 77.4 cm³/mol. The van der Waals surface area contributed by atoms with Crippen molar-refractivity contribution in [2.75, 3.05) is 6.54 Å². The molecule has 1 aromatic rings. The van der Waals surface area contributed by atoms with Crippen molar-refractivity contribution in [3.05, 3.63) is 35.9 Å². The van der Waals surface area contributed by atoms with Crippen molar-refractivity contribution in [1.29, 1.82) is 0 Å². The van der Waals surface area contributed by atoms with Crippen LogP contribution in [0.4, 0.5) is 4.79 Å². The predicted octanol–water partition coefficient (Wildman–Crippen LogP) is 3.72. The van der Waals surface area contributed by atoms with E-state index in [9.17, 15) is 9.90 Å². The second-order valence-corrected chi connectivity index (χ2v) is 6.35. The van der Waals surface area contributed by atoms with Crippen molar-refractivity contribution in [1.82, 2.24) is 4.90 Å². The molecule has 4 nitrogen and oxygen atoms in total. The highest BCUT2D eigenvalue weighted by atomic mass is 16.5. The normalized spacial score (nSPS) is 23.1. The molecule has 4 heteroatoms. The Balaban J connectivity index is 2.22. The van der Waals surface area contributed by atoms with Gasteiger partial charge >= 0.3 is 6.09 Å². The van der Waals surface area contributed by atoms with Crippen molar-refractivity contribution >= 4 is 6.09 Å². The second-order valence-electron chi connectivity index (χ2n) is 6.35. The monoisotopic (exact) mass is 277 g/mol. The number of hydrogen-bond donors (Lipinski definition) is 1. The fourth-order valence-corrected chi connectivity index (χ4v) is 2.97. The van der Waals surface area contributed by atoms with Gasteiger partial charge in [0, 0.05) is 12.0 Å².